The van der Waals surface area contributed by atoms with Crippen LogP contribution in [0.4, 0.5) is 11.4 Å². The van der Waals surface area contributed by atoms with Crippen LogP contribution < -0.4 is 10.6 Å². The molecule has 0 spiro atoms. The fraction of sp³-hybridized carbons (Fsp3) is 0.429. The van der Waals surface area contributed by atoms with Crippen molar-refractivity contribution in [1.82, 2.24) is 0 Å². The topological polar surface area (TPSA) is 67.4 Å². The highest BCUT2D eigenvalue weighted by Gasteiger charge is 2.07. The molecule has 1 rings (SSSR count). The molecule has 0 fully saturated rings. The first kappa shape index (κ1) is 15.2. The minimum atomic E-state index is -0.194. The Bertz CT molecular complexity index is 427. The molecule has 2 amide bonds. The van der Waals surface area contributed by atoms with Crippen LogP contribution in [-0.4, -0.2) is 25.0 Å². The Hall–Kier alpha value is -1.88. The van der Waals surface area contributed by atoms with Gasteiger partial charge in [0.15, 0.2) is 0 Å². The van der Waals surface area contributed by atoms with Crippen molar-refractivity contribution >= 4 is 23.2 Å². The molecule has 0 radical (unpaired) electrons. The van der Waals surface area contributed by atoms with E-state index in [9.17, 15) is 9.59 Å². The average molecular weight is 264 g/mol. The van der Waals surface area contributed by atoms with Gasteiger partial charge in [0.05, 0.1) is 0 Å². The molecule has 0 aliphatic rings. The van der Waals surface area contributed by atoms with Gasteiger partial charge in [-0.05, 0) is 31.2 Å². The molecule has 1 aromatic carbocycles. The lowest BCUT2D eigenvalue weighted by atomic mass is 10.2. The first-order valence-corrected chi connectivity index (χ1v) is 6.31. The van der Waals surface area contributed by atoms with Gasteiger partial charge in [-0.1, -0.05) is 13.8 Å². The van der Waals surface area contributed by atoms with E-state index >= 15 is 0 Å². The quantitative estimate of drug-likeness (QED) is 0.828. The molecule has 0 saturated carbocycles. The third-order valence-corrected chi connectivity index (χ3v) is 2.40. The van der Waals surface area contributed by atoms with Crippen LogP contribution in [0.1, 0.15) is 20.8 Å². The monoisotopic (exact) mass is 264 g/mol. The molecule has 0 unspecified atom stereocenters. The van der Waals surface area contributed by atoms with Crippen LogP contribution >= 0.6 is 0 Å². The zero-order valence-corrected chi connectivity index (χ0v) is 11.5. The molecule has 0 heterocycles. The number of hydrogen-bond acceptors (Lipinski definition) is 3. The predicted octanol–water partition coefficient (Wildman–Crippen LogP) is 2.26. The van der Waals surface area contributed by atoms with Crippen molar-refractivity contribution in [1.29, 1.82) is 0 Å². The van der Waals surface area contributed by atoms with E-state index in [0.717, 1.165) is 0 Å². The van der Waals surface area contributed by atoms with Gasteiger partial charge in [0, 0.05) is 23.9 Å². The SMILES string of the molecule is CCOCC(=O)Nc1ccc(NC(=O)C(C)C)cc1. The van der Waals surface area contributed by atoms with Crippen molar-refractivity contribution < 1.29 is 14.3 Å². The highest BCUT2D eigenvalue weighted by Crippen LogP contribution is 2.14. The Kier molecular flexibility index (Phi) is 6.02. The van der Waals surface area contributed by atoms with Gasteiger partial charge in [-0.25, -0.2) is 0 Å². The van der Waals surface area contributed by atoms with Crippen molar-refractivity contribution in [2.24, 2.45) is 5.92 Å². The summed E-state index contributed by atoms with van der Waals surface area (Å²) < 4.78 is 5.00. The van der Waals surface area contributed by atoms with Gasteiger partial charge in [-0.15, -0.1) is 0 Å². The number of carbonyl (C=O) groups is 2. The Labute approximate surface area is 113 Å². The Balaban J connectivity index is 2.52. The van der Waals surface area contributed by atoms with Gasteiger partial charge in [0.1, 0.15) is 6.61 Å². The van der Waals surface area contributed by atoms with Crippen LogP contribution in [0.5, 0.6) is 0 Å². The van der Waals surface area contributed by atoms with E-state index in [2.05, 4.69) is 10.6 Å². The molecule has 2 N–H and O–H groups in total. The lowest BCUT2D eigenvalue weighted by molar-refractivity contribution is -0.120. The highest BCUT2D eigenvalue weighted by molar-refractivity contribution is 5.94. The summed E-state index contributed by atoms with van der Waals surface area (Å²) in [4.78, 5) is 22.9. The molecule has 0 aliphatic heterocycles. The van der Waals surface area contributed by atoms with Crippen molar-refractivity contribution in [3.05, 3.63) is 24.3 Å². The zero-order chi connectivity index (χ0) is 14.3. The number of amides is 2. The highest BCUT2D eigenvalue weighted by atomic mass is 16.5. The van der Waals surface area contributed by atoms with Crippen LogP contribution in [-0.2, 0) is 14.3 Å². The number of ether oxygens (including phenoxy) is 1. The van der Waals surface area contributed by atoms with Gasteiger partial charge in [0.25, 0.3) is 0 Å². The maximum atomic E-state index is 11.5. The first-order valence-electron chi connectivity index (χ1n) is 6.31. The average Bonchev–Trinajstić information content (AvgIpc) is 2.38. The third-order valence-electron chi connectivity index (χ3n) is 2.40. The molecule has 0 atom stereocenters. The van der Waals surface area contributed by atoms with Gasteiger partial charge >= 0.3 is 0 Å². The summed E-state index contributed by atoms with van der Waals surface area (Å²) in [5, 5.41) is 5.48. The molecule has 0 aliphatic carbocycles. The molecule has 0 bridgehead atoms. The third kappa shape index (κ3) is 5.52. The van der Waals surface area contributed by atoms with E-state index in [1.165, 1.54) is 0 Å². The van der Waals surface area contributed by atoms with E-state index in [4.69, 9.17) is 4.74 Å². The standard InChI is InChI=1S/C14H20N2O3/c1-4-19-9-13(17)15-11-5-7-12(8-6-11)16-14(18)10(2)3/h5-8,10H,4,9H2,1-3H3,(H,15,17)(H,16,18). The number of rotatable bonds is 6. The summed E-state index contributed by atoms with van der Waals surface area (Å²) in [6.07, 6.45) is 0. The van der Waals surface area contributed by atoms with Gasteiger partial charge in [0.2, 0.25) is 11.8 Å². The minimum Gasteiger partial charge on any atom is -0.372 e. The van der Waals surface area contributed by atoms with Gasteiger partial charge < -0.3 is 15.4 Å². The first-order chi connectivity index (χ1) is 9.02. The fourth-order valence-corrected chi connectivity index (χ4v) is 1.32. The van der Waals surface area contributed by atoms with Gasteiger partial charge in [-0.3, -0.25) is 9.59 Å². The van der Waals surface area contributed by atoms with Crippen LogP contribution in [0.25, 0.3) is 0 Å². The van der Waals surface area contributed by atoms with Crippen molar-refractivity contribution in [2.75, 3.05) is 23.8 Å². The Morgan fingerprint density at radius 2 is 1.63 bits per heavy atom. The summed E-state index contributed by atoms with van der Waals surface area (Å²) in [5.74, 6) is -0.292. The van der Waals surface area contributed by atoms with Crippen molar-refractivity contribution in [2.45, 2.75) is 20.8 Å². The molecule has 5 heteroatoms. The van der Waals surface area contributed by atoms with E-state index in [0.29, 0.717) is 18.0 Å². The lowest BCUT2D eigenvalue weighted by Crippen LogP contribution is -2.19. The molecular weight excluding hydrogens is 244 g/mol. The Morgan fingerprint density at radius 3 is 2.11 bits per heavy atom. The molecule has 5 nitrogen and oxygen atoms in total. The molecule has 0 saturated heterocycles. The summed E-state index contributed by atoms with van der Waals surface area (Å²) in [5.41, 5.74) is 1.38. The normalized spacial score (nSPS) is 10.3. The summed E-state index contributed by atoms with van der Waals surface area (Å²) in [7, 11) is 0. The second-order valence-corrected chi connectivity index (χ2v) is 4.41. The zero-order valence-electron chi connectivity index (χ0n) is 11.5. The van der Waals surface area contributed by atoms with Crippen LogP contribution in [0.3, 0.4) is 0 Å². The second-order valence-electron chi connectivity index (χ2n) is 4.41. The number of nitrogens with one attached hydrogen (secondary N) is 2. The van der Waals surface area contributed by atoms with Crippen molar-refractivity contribution in [3.8, 4) is 0 Å². The molecule has 104 valence electrons. The number of hydrogen-bond donors (Lipinski definition) is 2. The van der Waals surface area contributed by atoms with Gasteiger partial charge in [-0.2, -0.15) is 0 Å². The molecule has 1 aromatic rings. The Morgan fingerprint density at radius 1 is 1.11 bits per heavy atom. The lowest BCUT2D eigenvalue weighted by Gasteiger charge is -2.09. The van der Waals surface area contributed by atoms with E-state index in [-0.39, 0.29) is 24.3 Å². The predicted molar refractivity (Wildman–Crippen MR) is 75.0 cm³/mol. The van der Waals surface area contributed by atoms with E-state index in [1.54, 1.807) is 24.3 Å². The number of anilines is 2. The van der Waals surface area contributed by atoms with Crippen LogP contribution in [0, 0.1) is 5.92 Å². The smallest absolute Gasteiger partial charge is 0.250 e. The van der Waals surface area contributed by atoms with E-state index < -0.39 is 0 Å². The largest absolute Gasteiger partial charge is 0.372 e. The van der Waals surface area contributed by atoms with E-state index in [1.807, 2.05) is 20.8 Å². The summed E-state index contributed by atoms with van der Waals surface area (Å²) in [6.45, 7) is 6.05. The summed E-state index contributed by atoms with van der Waals surface area (Å²) in [6, 6.07) is 6.96. The summed E-state index contributed by atoms with van der Waals surface area (Å²) >= 11 is 0. The minimum absolute atomic E-state index is 0.0341. The maximum Gasteiger partial charge on any atom is 0.250 e. The molecule has 19 heavy (non-hydrogen) atoms. The molecular formula is C14H20N2O3. The van der Waals surface area contributed by atoms with Crippen LogP contribution in [0.2, 0.25) is 0 Å². The fourth-order valence-electron chi connectivity index (χ4n) is 1.32. The number of carbonyl (C=O) groups excluding carboxylic acids is 2. The van der Waals surface area contributed by atoms with Crippen molar-refractivity contribution in [3.63, 3.8) is 0 Å². The molecule has 0 aromatic heterocycles. The maximum absolute atomic E-state index is 11.5. The second kappa shape index (κ2) is 7.53. The van der Waals surface area contributed by atoms with Crippen LogP contribution in [0.15, 0.2) is 24.3 Å². The number of benzene rings is 1.